The first-order valence-electron chi connectivity index (χ1n) is 6.26. The van der Waals surface area contributed by atoms with E-state index in [1.165, 1.54) is 0 Å². The normalized spacial score (nSPS) is 26.7. The van der Waals surface area contributed by atoms with Crippen LogP contribution in [-0.2, 0) is 9.53 Å². The number of halogens is 3. The Morgan fingerprint density at radius 3 is 2.74 bits per heavy atom. The molecule has 1 aliphatic heterocycles. The van der Waals surface area contributed by atoms with Crippen molar-refractivity contribution in [1.82, 2.24) is 9.55 Å². The lowest BCUT2D eigenvalue weighted by molar-refractivity contribution is -0.131. The van der Waals surface area contributed by atoms with E-state index in [1.54, 1.807) is 0 Å². The van der Waals surface area contributed by atoms with Crippen LogP contribution in [0.4, 0.5) is 19.0 Å². The van der Waals surface area contributed by atoms with E-state index in [9.17, 15) is 22.8 Å². The number of carboxylic acid groups (broad SMARTS) is 1. The summed E-state index contributed by atoms with van der Waals surface area (Å²) < 4.78 is 46.4. The van der Waals surface area contributed by atoms with Crippen molar-refractivity contribution in [1.29, 1.82) is 0 Å². The zero-order valence-corrected chi connectivity index (χ0v) is 11.4. The number of rotatable bonds is 4. The van der Waals surface area contributed by atoms with E-state index in [-0.39, 0.29) is 11.4 Å². The summed E-state index contributed by atoms with van der Waals surface area (Å²) >= 11 is 0. The average Bonchev–Trinajstić information content (AvgIpc) is 2.69. The number of ether oxygens (including phenoxy) is 1. The van der Waals surface area contributed by atoms with Gasteiger partial charge < -0.3 is 20.7 Å². The molecule has 1 aliphatic rings. The number of aliphatic hydroxyl groups is 1. The van der Waals surface area contributed by atoms with Crippen LogP contribution in [0.5, 0.6) is 0 Å². The zero-order chi connectivity index (χ0) is 17.4. The minimum atomic E-state index is -4.09. The number of aromatic nitrogens is 2. The maximum Gasteiger partial charge on any atom is 0.351 e. The lowest BCUT2D eigenvalue weighted by Crippen LogP contribution is -2.40. The molecule has 0 radical (unpaired) electrons. The monoisotopic (exact) mass is 335 g/mol. The van der Waals surface area contributed by atoms with Crippen LogP contribution in [0.25, 0.3) is 6.08 Å². The van der Waals surface area contributed by atoms with Crippen molar-refractivity contribution in [3.8, 4) is 0 Å². The SMILES string of the molecule is Nc1nc(=O)n(C2OC(CO)C(F)C2(F)F)cc1C=CC(=O)O. The van der Waals surface area contributed by atoms with E-state index < -0.39 is 42.7 Å². The van der Waals surface area contributed by atoms with E-state index in [2.05, 4.69) is 4.98 Å². The number of nitrogens with zero attached hydrogens (tertiary/aromatic N) is 2. The van der Waals surface area contributed by atoms with E-state index in [0.717, 1.165) is 12.3 Å². The predicted octanol–water partition coefficient (Wildman–Crippen LogP) is -0.214. The molecule has 4 N–H and O–H groups in total. The van der Waals surface area contributed by atoms with Gasteiger partial charge in [0.15, 0.2) is 6.17 Å². The van der Waals surface area contributed by atoms with Crippen LogP contribution < -0.4 is 11.4 Å². The average molecular weight is 335 g/mol. The number of anilines is 1. The molecule has 0 spiro atoms. The molecule has 1 aromatic rings. The molecule has 1 fully saturated rings. The van der Waals surface area contributed by atoms with E-state index in [0.29, 0.717) is 10.6 Å². The molecule has 0 amide bonds. The number of hydrogen-bond acceptors (Lipinski definition) is 6. The van der Waals surface area contributed by atoms with Crippen LogP contribution in [0.15, 0.2) is 17.1 Å². The Kier molecular flexibility index (Phi) is 4.43. The summed E-state index contributed by atoms with van der Waals surface area (Å²) in [4.78, 5) is 25.5. The first-order chi connectivity index (χ1) is 10.7. The van der Waals surface area contributed by atoms with Crippen LogP contribution in [0, 0.1) is 0 Å². The number of nitrogen functional groups attached to an aromatic ring is 1. The van der Waals surface area contributed by atoms with Gasteiger partial charge >= 0.3 is 17.6 Å². The quantitative estimate of drug-likeness (QED) is 0.649. The molecule has 126 valence electrons. The highest BCUT2D eigenvalue weighted by molar-refractivity contribution is 5.86. The fourth-order valence-electron chi connectivity index (χ4n) is 2.05. The van der Waals surface area contributed by atoms with Gasteiger partial charge in [0.05, 0.1) is 6.61 Å². The first-order valence-corrected chi connectivity index (χ1v) is 6.26. The van der Waals surface area contributed by atoms with Crippen molar-refractivity contribution in [2.45, 2.75) is 24.4 Å². The third-order valence-electron chi connectivity index (χ3n) is 3.18. The van der Waals surface area contributed by atoms with E-state index >= 15 is 0 Å². The summed E-state index contributed by atoms with van der Waals surface area (Å²) in [6.07, 6.45) is -4.59. The van der Waals surface area contributed by atoms with Crippen molar-refractivity contribution in [3.63, 3.8) is 0 Å². The van der Waals surface area contributed by atoms with Crippen LogP contribution in [0.3, 0.4) is 0 Å². The molecule has 1 saturated heterocycles. The Balaban J connectivity index is 2.49. The second-order valence-corrected chi connectivity index (χ2v) is 4.73. The summed E-state index contributed by atoms with van der Waals surface area (Å²) in [6, 6.07) is 0. The standard InChI is InChI=1S/C12H12F3N3O5/c13-8-6(4-19)23-10(12(8,14)15)18-3-5(1-2-7(20)21)9(16)17-11(18)22/h1-3,6,8,10,19H,4H2,(H,20,21)(H2,16,17,22). The highest BCUT2D eigenvalue weighted by Crippen LogP contribution is 2.43. The van der Waals surface area contributed by atoms with Gasteiger partial charge in [-0.05, 0) is 6.08 Å². The fraction of sp³-hybridized carbons (Fsp3) is 0.417. The smallest absolute Gasteiger partial charge is 0.351 e. The molecule has 0 saturated carbocycles. The molecule has 1 aromatic heterocycles. The molecule has 0 aliphatic carbocycles. The van der Waals surface area contributed by atoms with Gasteiger partial charge in [0.2, 0.25) is 6.23 Å². The Morgan fingerprint density at radius 2 is 2.22 bits per heavy atom. The molecule has 0 aromatic carbocycles. The van der Waals surface area contributed by atoms with Gasteiger partial charge in [-0.2, -0.15) is 13.8 Å². The second-order valence-electron chi connectivity index (χ2n) is 4.73. The third-order valence-corrected chi connectivity index (χ3v) is 3.18. The van der Waals surface area contributed by atoms with Gasteiger partial charge in [0, 0.05) is 17.8 Å². The van der Waals surface area contributed by atoms with Gasteiger partial charge in [-0.25, -0.2) is 14.0 Å². The Labute approximate surface area is 126 Å². The zero-order valence-electron chi connectivity index (χ0n) is 11.4. The highest BCUT2D eigenvalue weighted by Gasteiger charge is 2.60. The molecule has 11 heteroatoms. The third kappa shape index (κ3) is 3.05. The van der Waals surface area contributed by atoms with Crippen LogP contribution in [-0.4, -0.2) is 50.5 Å². The Morgan fingerprint density at radius 1 is 1.57 bits per heavy atom. The second kappa shape index (κ2) is 6.01. The number of carbonyl (C=O) groups is 1. The molecule has 8 nitrogen and oxygen atoms in total. The summed E-state index contributed by atoms with van der Waals surface area (Å²) in [7, 11) is 0. The number of nitrogens with two attached hydrogens (primary N) is 1. The maximum atomic E-state index is 13.9. The number of hydrogen-bond donors (Lipinski definition) is 3. The van der Waals surface area contributed by atoms with Crippen LogP contribution in [0.2, 0.25) is 0 Å². The van der Waals surface area contributed by atoms with Gasteiger partial charge in [-0.1, -0.05) is 0 Å². The van der Waals surface area contributed by atoms with Gasteiger partial charge in [0.1, 0.15) is 11.9 Å². The van der Waals surface area contributed by atoms with Crippen molar-refractivity contribution >= 4 is 17.9 Å². The molecule has 3 unspecified atom stereocenters. The summed E-state index contributed by atoms with van der Waals surface area (Å²) in [6.45, 7) is -1.00. The lowest BCUT2D eigenvalue weighted by Gasteiger charge is -2.20. The topological polar surface area (TPSA) is 128 Å². The van der Waals surface area contributed by atoms with Crippen molar-refractivity contribution in [3.05, 3.63) is 28.3 Å². The van der Waals surface area contributed by atoms with Crippen molar-refractivity contribution < 1.29 is 32.9 Å². The van der Waals surface area contributed by atoms with E-state index in [4.69, 9.17) is 20.7 Å². The molecule has 0 bridgehead atoms. The molecule has 2 rings (SSSR count). The number of alkyl halides is 3. The summed E-state index contributed by atoms with van der Waals surface area (Å²) in [5.41, 5.74) is 4.04. The predicted molar refractivity (Wildman–Crippen MR) is 70.4 cm³/mol. The molecular weight excluding hydrogens is 323 g/mol. The summed E-state index contributed by atoms with van der Waals surface area (Å²) in [5, 5.41) is 17.4. The number of aliphatic hydroxyl groups excluding tert-OH is 1. The number of carboxylic acids is 1. The fourth-order valence-corrected chi connectivity index (χ4v) is 2.05. The minimum absolute atomic E-state index is 0.144. The van der Waals surface area contributed by atoms with Gasteiger partial charge in [0.25, 0.3) is 0 Å². The van der Waals surface area contributed by atoms with Gasteiger partial charge in [-0.15, -0.1) is 0 Å². The van der Waals surface area contributed by atoms with E-state index in [1.807, 2.05) is 0 Å². The maximum absolute atomic E-state index is 13.9. The lowest BCUT2D eigenvalue weighted by atomic mass is 10.1. The van der Waals surface area contributed by atoms with Crippen LogP contribution in [0.1, 0.15) is 11.8 Å². The van der Waals surface area contributed by atoms with Gasteiger partial charge in [-0.3, -0.25) is 4.57 Å². The first kappa shape index (κ1) is 17.0. The minimum Gasteiger partial charge on any atom is -0.478 e. The Bertz CT molecular complexity index is 706. The largest absolute Gasteiger partial charge is 0.478 e. The van der Waals surface area contributed by atoms with Crippen molar-refractivity contribution in [2.75, 3.05) is 12.3 Å². The molecule has 2 heterocycles. The Hall–Kier alpha value is -2.40. The molecule has 3 atom stereocenters. The van der Waals surface area contributed by atoms with Crippen molar-refractivity contribution in [2.24, 2.45) is 0 Å². The summed E-state index contributed by atoms with van der Waals surface area (Å²) in [5.74, 6) is -5.82. The highest BCUT2D eigenvalue weighted by atomic mass is 19.3. The molecule has 23 heavy (non-hydrogen) atoms. The number of aliphatic carboxylic acids is 1. The van der Waals surface area contributed by atoms with Crippen LogP contribution >= 0.6 is 0 Å². The molecular formula is C12H12F3N3O5.